The van der Waals surface area contributed by atoms with Crippen molar-refractivity contribution < 1.29 is 19.1 Å². The smallest absolute Gasteiger partial charge is 0.325 e. The number of ether oxygens (including phenoxy) is 1. The zero-order valence-electron chi connectivity index (χ0n) is 12.8. The first kappa shape index (κ1) is 15.3. The molecule has 0 aromatic rings. The lowest BCUT2D eigenvalue weighted by Crippen LogP contribution is -2.44. The van der Waals surface area contributed by atoms with Crippen LogP contribution in [0.1, 0.15) is 38.5 Å². The Balaban J connectivity index is 1.48. The SMILES string of the molecule is O=C(CCCN1C(=O)NC2(CCCC2)C1=O)N1CCOCC1. The van der Waals surface area contributed by atoms with Crippen LogP contribution in [0.25, 0.3) is 0 Å². The van der Waals surface area contributed by atoms with Gasteiger partial charge in [0, 0.05) is 26.1 Å². The number of imide groups is 1. The van der Waals surface area contributed by atoms with Gasteiger partial charge in [0.1, 0.15) is 5.54 Å². The molecular weight excluding hydrogens is 286 g/mol. The molecule has 7 nitrogen and oxygen atoms in total. The van der Waals surface area contributed by atoms with Crippen molar-refractivity contribution in [2.75, 3.05) is 32.8 Å². The molecule has 3 aliphatic rings. The number of carbonyl (C=O) groups is 3. The molecule has 3 fully saturated rings. The van der Waals surface area contributed by atoms with E-state index in [-0.39, 0.29) is 17.8 Å². The standard InChI is InChI=1S/C15H23N3O4/c19-12(17-8-10-22-11-9-17)4-3-7-18-13(20)15(16-14(18)21)5-1-2-6-15/h1-11H2,(H,16,21). The van der Waals surface area contributed by atoms with Gasteiger partial charge < -0.3 is 15.0 Å². The number of rotatable bonds is 4. The molecule has 0 atom stereocenters. The second kappa shape index (κ2) is 6.24. The van der Waals surface area contributed by atoms with Crippen LogP contribution >= 0.6 is 0 Å². The van der Waals surface area contributed by atoms with Crippen LogP contribution in [0.4, 0.5) is 4.79 Å². The van der Waals surface area contributed by atoms with E-state index < -0.39 is 5.54 Å². The molecule has 1 N–H and O–H groups in total. The second-order valence-corrected chi connectivity index (χ2v) is 6.27. The molecular formula is C15H23N3O4. The van der Waals surface area contributed by atoms with Crippen LogP contribution in [-0.4, -0.2) is 66.0 Å². The zero-order chi connectivity index (χ0) is 15.6. The molecule has 0 bridgehead atoms. The monoisotopic (exact) mass is 309 g/mol. The van der Waals surface area contributed by atoms with Gasteiger partial charge in [0.25, 0.3) is 5.91 Å². The Hall–Kier alpha value is -1.63. The van der Waals surface area contributed by atoms with Gasteiger partial charge in [-0.15, -0.1) is 0 Å². The van der Waals surface area contributed by atoms with Crippen molar-refractivity contribution in [1.82, 2.24) is 15.1 Å². The summed E-state index contributed by atoms with van der Waals surface area (Å²) in [6.45, 7) is 2.75. The molecule has 0 aromatic heterocycles. The fourth-order valence-electron chi connectivity index (χ4n) is 3.56. The van der Waals surface area contributed by atoms with Crippen molar-refractivity contribution in [3.63, 3.8) is 0 Å². The zero-order valence-corrected chi connectivity index (χ0v) is 12.8. The molecule has 2 heterocycles. The molecule has 2 aliphatic heterocycles. The molecule has 1 aliphatic carbocycles. The summed E-state index contributed by atoms with van der Waals surface area (Å²) in [6, 6.07) is -0.300. The predicted molar refractivity (Wildman–Crippen MR) is 78.1 cm³/mol. The molecule has 3 rings (SSSR count). The van der Waals surface area contributed by atoms with Crippen molar-refractivity contribution in [3.8, 4) is 0 Å². The lowest BCUT2D eigenvalue weighted by molar-refractivity contribution is -0.136. The van der Waals surface area contributed by atoms with E-state index in [1.54, 1.807) is 4.90 Å². The third kappa shape index (κ3) is 2.82. The van der Waals surface area contributed by atoms with Crippen LogP contribution in [0.15, 0.2) is 0 Å². The van der Waals surface area contributed by atoms with Crippen molar-refractivity contribution in [1.29, 1.82) is 0 Å². The van der Waals surface area contributed by atoms with E-state index in [4.69, 9.17) is 4.74 Å². The van der Waals surface area contributed by atoms with E-state index >= 15 is 0 Å². The minimum Gasteiger partial charge on any atom is -0.378 e. The maximum absolute atomic E-state index is 12.4. The van der Waals surface area contributed by atoms with Crippen molar-refractivity contribution in [2.45, 2.75) is 44.1 Å². The maximum atomic E-state index is 12.4. The molecule has 0 radical (unpaired) electrons. The largest absolute Gasteiger partial charge is 0.378 e. The Bertz CT molecular complexity index is 467. The third-order valence-electron chi connectivity index (χ3n) is 4.84. The van der Waals surface area contributed by atoms with Crippen LogP contribution in [0.2, 0.25) is 0 Å². The van der Waals surface area contributed by atoms with E-state index in [0.717, 1.165) is 25.7 Å². The highest BCUT2D eigenvalue weighted by Crippen LogP contribution is 2.35. The first-order valence-electron chi connectivity index (χ1n) is 8.12. The van der Waals surface area contributed by atoms with E-state index in [2.05, 4.69) is 5.32 Å². The van der Waals surface area contributed by atoms with E-state index in [0.29, 0.717) is 45.7 Å². The van der Waals surface area contributed by atoms with E-state index in [1.165, 1.54) is 4.90 Å². The topological polar surface area (TPSA) is 79.0 Å². The Morgan fingerprint density at radius 1 is 1.18 bits per heavy atom. The van der Waals surface area contributed by atoms with Crippen molar-refractivity contribution >= 4 is 17.8 Å². The van der Waals surface area contributed by atoms with Gasteiger partial charge in [-0.2, -0.15) is 0 Å². The number of urea groups is 1. The van der Waals surface area contributed by atoms with Gasteiger partial charge in [0.05, 0.1) is 13.2 Å². The number of hydrogen-bond donors (Lipinski definition) is 1. The quantitative estimate of drug-likeness (QED) is 0.767. The first-order chi connectivity index (χ1) is 10.6. The highest BCUT2D eigenvalue weighted by atomic mass is 16.5. The number of nitrogens with one attached hydrogen (secondary N) is 1. The van der Waals surface area contributed by atoms with Gasteiger partial charge in [-0.3, -0.25) is 14.5 Å². The number of carbonyl (C=O) groups excluding carboxylic acids is 3. The number of hydrogen-bond acceptors (Lipinski definition) is 4. The Labute approximate surface area is 129 Å². The molecule has 2 saturated heterocycles. The Morgan fingerprint density at radius 3 is 2.55 bits per heavy atom. The van der Waals surface area contributed by atoms with Gasteiger partial charge in [-0.25, -0.2) is 4.79 Å². The number of morpholine rings is 1. The Kier molecular flexibility index (Phi) is 4.33. The van der Waals surface area contributed by atoms with Gasteiger partial charge in [-0.05, 0) is 19.3 Å². The number of nitrogens with zero attached hydrogens (tertiary/aromatic N) is 2. The van der Waals surface area contributed by atoms with E-state index in [1.807, 2.05) is 0 Å². The highest BCUT2D eigenvalue weighted by Gasteiger charge is 2.52. The fourth-order valence-corrected chi connectivity index (χ4v) is 3.56. The molecule has 7 heteroatoms. The summed E-state index contributed by atoms with van der Waals surface area (Å²) in [6.07, 6.45) is 4.32. The minimum atomic E-state index is -0.648. The second-order valence-electron chi connectivity index (χ2n) is 6.27. The normalized spacial score (nSPS) is 24.2. The molecule has 4 amide bonds. The summed E-state index contributed by atoms with van der Waals surface area (Å²) in [5.41, 5.74) is -0.648. The molecule has 0 unspecified atom stereocenters. The average molecular weight is 309 g/mol. The van der Waals surface area contributed by atoms with Crippen LogP contribution < -0.4 is 5.32 Å². The maximum Gasteiger partial charge on any atom is 0.325 e. The summed E-state index contributed by atoms with van der Waals surface area (Å²) in [5, 5.41) is 2.86. The summed E-state index contributed by atoms with van der Waals surface area (Å²) in [7, 11) is 0. The molecule has 22 heavy (non-hydrogen) atoms. The highest BCUT2D eigenvalue weighted by molar-refractivity contribution is 6.07. The molecule has 0 aromatic carbocycles. The fraction of sp³-hybridized carbons (Fsp3) is 0.800. The lowest BCUT2D eigenvalue weighted by atomic mass is 9.98. The van der Waals surface area contributed by atoms with Gasteiger partial charge >= 0.3 is 6.03 Å². The van der Waals surface area contributed by atoms with Crippen LogP contribution in [-0.2, 0) is 14.3 Å². The van der Waals surface area contributed by atoms with Gasteiger partial charge in [0.15, 0.2) is 0 Å². The van der Waals surface area contributed by atoms with Crippen LogP contribution in [0, 0.1) is 0 Å². The summed E-state index contributed by atoms with van der Waals surface area (Å²) < 4.78 is 5.22. The third-order valence-corrected chi connectivity index (χ3v) is 4.84. The molecule has 122 valence electrons. The Morgan fingerprint density at radius 2 is 1.86 bits per heavy atom. The molecule has 1 saturated carbocycles. The average Bonchev–Trinajstić information content (AvgIpc) is 3.09. The van der Waals surface area contributed by atoms with Crippen LogP contribution in [0.5, 0.6) is 0 Å². The van der Waals surface area contributed by atoms with E-state index in [9.17, 15) is 14.4 Å². The van der Waals surface area contributed by atoms with Crippen molar-refractivity contribution in [2.24, 2.45) is 0 Å². The lowest BCUT2D eigenvalue weighted by Gasteiger charge is -2.27. The summed E-state index contributed by atoms with van der Waals surface area (Å²) in [5.74, 6) is -0.0280. The van der Waals surface area contributed by atoms with Gasteiger partial charge in [-0.1, -0.05) is 12.8 Å². The first-order valence-corrected chi connectivity index (χ1v) is 8.12. The minimum absolute atomic E-state index is 0.0749. The summed E-state index contributed by atoms with van der Waals surface area (Å²) >= 11 is 0. The number of amides is 4. The van der Waals surface area contributed by atoms with Gasteiger partial charge in [0.2, 0.25) is 5.91 Å². The van der Waals surface area contributed by atoms with Crippen molar-refractivity contribution in [3.05, 3.63) is 0 Å². The summed E-state index contributed by atoms with van der Waals surface area (Å²) in [4.78, 5) is 39.6. The predicted octanol–water partition coefficient (Wildman–Crippen LogP) is 0.490. The van der Waals surface area contributed by atoms with Crippen LogP contribution in [0.3, 0.4) is 0 Å². The molecule has 1 spiro atoms.